The van der Waals surface area contributed by atoms with E-state index in [1.807, 2.05) is 6.92 Å². The lowest BCUT2D eigenvalue weighted by Crippen LogP contribution is -2.19. The van der Waals surface area contributed by atoms with E-state index in [1.165, 1.54) is 13.3 Å². The number of rotatable bonds is 4. The number of ether oxygens (including phenoxy) is 1. The zero-order valence-corrected chi connectivity index (χ0v) is 10.4. The van der Waals surface area contributed by atoms with Crippen LogP contribution in [0.2, 0.25) is 0 Å². The molecule has 2 unspecified atom stereocenters. The fraction of sp³-hybridized carbons (Fsp3) is 0.917. The molecule has 0 aliphatic carbocycles. The van der Waals surface area contributed by atoms with Crippen LogP contribution in [-0.2, 0) is 9.53 Å². The summed E-state index contributed by atoms with van der Waals surface area (Å²) in [6, 6.07) is 0. The summed E-state index contributed by atoms with van der Waals surface area (Å²) in [6.45, 7) is 12.3. The summed E-state index contributed by atoms with van der Waals surface area (Å²) in [5.74, 6) is 0.421. The highest BCUT2D eigenvalue weighted by atomic mass is 16.5. The molecule has 14 heavy (non-hydrogen) atoms. The van der Waals surface area contributed by atoms with E-state index >= 15 is 0 Å². The maximum atomic E-state index is 10.7. The summed E-state index contributed by atoms with van der Waals surface area (Å²) in [5, 5.41) is 0. The lowest BCUT2D eigenvalue weighted by molar-refractivity contribution is -0.146. The topological polar surface area (TPSA) is 26.3 Å². The van der Waals surface area contributed by atoms with Gasteiger partial charge in [-0.1, -0.05) is 27.7 Å². The number of hydrogen-bond donors (Lipinski definition) is 0. The van der Waals surface area contributed by atoms with Gasteiger partial charge in [0.1, 0.15) is 0 Å². The molecule has 84 valence electrons. The van der Waals surface area contributed by atoms with E-state index in [2.05, 4.69) is 27.7 Å². The maximum Gasteiger partial charge on any atom is 0.302 e. The molecule has 0 bridgehead atoms. The Morgan fingerprint density at radius 3 is 2.14 bits per heavy atom. The van der Waals surface area contributed by atoms with Gasteiger partial charge in [-0.15, -0.1) is 0 Å². The van der Waals surface area contributed by atoms with Crippen LogP contribution in [0.4, 0.5) is 0 Å². The van der Waals surface area contributed by atoms with Crippen LogP contribution in [0.15, 0.2) is 0 Å². The predicted molar refractivity (Wildman–Crippen MR) is 59.1 cm³/mol. The Labute approximate surface area is 88.0 Å². The average molecular weight is 200 g/mol. The summed E-state index contributed by atoms with van der Waals surface area (Å²) < 4.78 is 5.10. The van der Waals surface area contributed by atoms with Crippen molar-refractivity contribution in [2.45, 2.75) is 60.5 Å². The second kappa shape index (κ2) is 5.38. The van der Waals surface area contributed by atoms with Crippen molar-refractivity contribution in [3.8, 4) is 0 Å². The minimum Gasteiger partial charge on any atom is -0.463 e. The van der Waals surface area contributed by atoms with Gasteiger partial charge in [0, 0.05) is 6.92 Å². The second-order valence-electron chi connectivity index (χ2n) is 5.53. The quantitative estimate of drug-likeness (QED) is 0.650. The van der Waals surface area contributed by atoms with E-state index in [4.69, 9.17) is 4.74 Å². The molecule has 0 aromatic heterocycles. The molecular formula is C12H24O2. The molecule has 0 saturated carbocycles. The molecule has 0 aromatic rings. The summed E-state index contributed by atoms with van der Waals surface area (Å²) in [5.41, 5.74) is 0.357. The molecule has 2 atom stereocenters. The predicted octanol–water partition coefficient (Wildman–Crippen LogP) is 3.40. The number of hydrogen-bond acceptors (Lipinski definition) is 2. The fourth-order valence-corrected chi connectivity index (χ4v) is 2.03. The molecule has 0 saturated heterocycles. The van der Waals surface area contributed by atoms with Gasteiger partial charge in [-0.3, -0.25) is 4.79 Å². The average Bonchev–Trinajstić information content (AvgIpc) is 1.77. The van der Waals surface area contributed by atoms with Crippen molar-refractivity contribution in [2.24, 2.45) is 11.3 Å². The van der Waals surface area contributed by atoms with Crippen LogP contribution in [0.25, 0.3) is 0 Å². The van der Waals surface area contributed by atoms with Gasteiger partial charge < -0.3 is 4.74 Å². The van der Waals surface area contributed by atoms with Crippen molar-refractivity contribution in [1.82, 2.24) is 0 Å². The smallest absolute Gasteiger partial charge is 0.302 e. The summed E-state index contributed by atoms with van der Waals surface area (Å²) in [4.78, 5) is 10.7. The first-order chi connectivity index (χ1) is 6.20. The van der Waals surface area contributed by atoms with Gasteiger partial charge in [0.15, 0.2) is 0 Å². The van der Waals surface area contributed by atoms with E-state index in [0.717, 1.165) is 6.42 Å². The third-order valence-electron chi connectivity index (χ3n) is 2.06. The molecule has 0 aliphatic heterocycles. The third kappa shape index (κ3) is 8.09. The van der Waals surface area contributed by atoms with Crippen LogP contribution in [0.5, 0.6) is 0 Å². The zero-order chi connectivity index (χ0) is 11.4. The molecule has 2 nitrogen and oxygen atoms in total. The van der Waals surface area contributed by atoms with Gasteiger partial charge in [0.25, 0.3) is 0 Å². The van der Waals surface area contributed by atoms with Crippen molar-refractivity contribution < 1.29 is 9.53 Å². The van der Waals surface area contributed by atoms with Gasteiger partial charge in [-0.2, -0.15) is 0 Å². The molecular weight excluding hydrogens is 176 g/mol. The van der Waals surface area contributed by atoms with Gasteiger partial charge >= 0.3 is 5.97 Å². The Kier molecular flexibility index (Phi) is 5.17. The van der Waals surface area contributed by atoms with Crippen molar-refractivity contribution in [2.75, 3.05) is 0 Å². The highest BCUT2D eigenvalue weighted by Crippen LogP contribution is 2.27. The highest BCUT2D eigenvalue weighted by Gasteiger charge is 2.18. The first-order valence-electron chi connectivity index (χ1n) is 5.38. The summed E-state index contributed by atoms with van der Waals surface area (Å²) in [7, 11) is 0. The minimum absolute atomic E-state index is 0.0462. The summed E-state index contributed by atoms with van der Waals surface area (Å²) in [6.07, 6.45) is 2.17. The van der Waals surface area contributed by atoms with Crippen LogP contribution in [0.1, 0.15) is 54.4 Å². The maximum absolute atomic E-state index is 10.7. The van der Waals surface area contributed by atoms with Crippen LogP contribution >= 0.6 is 0 Å². The molecule has 0 aliphatic rings. The number of esters is 1. The van der Waals surface area contributed by atoms with Crippen LogP contribution in [-0.4, -0.2) is 12.1 Å². The van der Waals surface area contributed by atoms with Gasteiger partial charge in [0.05, 0.1) is 6.10 Å². The molecule has 0 fully saturated rings. The largest absolute Gasteiger partial charge is 0.463 e. The molecule has 2 heteroatoms. The summed E-state index contributed by atoms with van der Waals surface area (Å²) >= 11 is 0. The minimum atomic E-state index is -0.180. The molecule has 0 heterocycles. The Morgan fingerprint density at radius 1 is 1.29 bits per heavy atom. The first-order valence-corrected chi connectivity index (χ1v) is 5.38. The first kappa shape index (κ1) is 13.5. The number of carbonyl (C=O) groups excluding carboxylic acids is 1. The second-order valence-corrected chi connectivity index (χ2v) is 5.53. The molecule has 0 amide bonds. The monoisotopic (exact) mass is 200 g/mol. The van der Waals surface area contributed by atoms with Crippen LogP contribution < -0.4 is 0 Å². The van der Waals surface area contributed by atoms with Crippen molar-refractivity contribution in [1.29, 1.82) is 0 Å². The Balaban J connectivity index is 3.82. The molecule has 0 rings (SSSR count). The van der Waals surface area contributed by atoms with E-state index in [0.29, 0.717) is 11.3 Å². The lowest BCUT2D eigenvalue weighted by Gasteiger charge is -2.25. The van der Waals surface area contributed by atoms with E-state index < -0.39 is 0 Å². The van der Waals surface area contributed by atoms with Crippen LogP contribution in [0, 0.1) is 11.3 Å². The standard InChI is InChI=1S/C12H24O2/c1-9(8-12(4,5)6)7-10(2)14-11(3)13/h9-10H,7-8H2,1-6H3. The fourth-order valence-electron chi connectivity index (χ4n) is 2.03. The Bertz CT molecular complexity index is 179. The van der Waals surface area contributed by atoms with Crippen molar-refractivity contribution >= 4 is 5.97 Å². The lowest BCUT2D eigenvalue weighted by atomic mass is 9.83. The van der Waals surface area contributed by atoms with Gasteiger partial charge in [-0.05, 0) is 31.1 Å². The molecule has 0 radical (unpaired) electrons. The third-order valence-corrected chi connectivity index (χ3v) is 2.06. The van der Waals surface area contributed by atoms with Gasteiger partial charge in [0.2, 0.25) is 0 Å². The Hall–Kier alpha value is -0.530. The SMILES string of the molecule is CC(=O)OC(C)CC(C)CC(C)(C)C. The normalized spacial score (nSPS) is 16.1. The van der Waals surface area contributed by atoms with Gasteiger partial charge in [-0.25, -0.2) is 0 Å². The van der Waals surface area contributed by atoms with E-state index in [1.54, 1.807) is 0 Å². The molecule has 0 aromatic carbocycles. The van der Waals surface area contributed by atoms with Crippen LogP contribution in [0.3, 0.4) is 0 Å². The highest BCUT2D eigenvalue weighted by molar-refractivity contribution is 5.66. The van der Waals surface area contributed by atoms with Crippen molar-refractivity contribution in [3.63, 3.8) is 0 Å². The van der Waals surface area contributed by atoms with Crippen molar-refractivity contribution in [3.05, 3.63) is 0 Å². The molecule has 0 N–H and O–H groups in total. The van der Waals surface area contributed by atoms with E-state index in [-0.39, 0.29) is 12.1 Å². The zero-order valence-electron chi connectivity index (χ0n) is 10.4. The number of carbonyl (C=O) groups is 1. The Morgan fingerprint density at radius 2 is 1.79 bits per heavy atom. The molecule has 0 spiro atoms. The van der Waals surface area contributed by atoms with E-state index in [9.17, 15) is 4.79 Å².